The van der Waals surface area contributed by atoms with E-state index in [1.165, 1.54) is 16.3 Å². The molecule has 1 saturated heterocycles. The Morgan fingerprint density at radius 2 is 2.11 bits per heavy atom. The number of nitrogens with zero attached hydrogens (tertiary/aromatic N) is 3. The van der Waals surface area contributed by atoms with E-state index in [-0.39, 0.29) is 0 Å². The van der Waals surface area contributed by atoms with Gasteiger partial charge in [-0.3, -0.25) is 0 Å². The summed E-state index contributed by atoms with van der Waals surface area (Å²) in [6.07, 6.45) is 3.11. The minimum absolute atomic E-state index is 0.731. The smallest absolute Gasteiger partial charge is 0.226 e. The monoisotopic (exact) mass is 279 g/mol. The number of hydrogen-bond acceptors (Lipinski definition) is 6. The number of hydrogen-bond donors (Lipinski definition) is 2. The highest BCUT2D eigenvalue weighted by Gasteiger charge is 2.22. The molecule has 0 aliphatic carbocycles. The zero-order valence-corrected chi connectivity index (χ0v) is 12.0. The molecular formula is C13H21N5S. The van der Waals surface area contributed by atoms with Crippen LogP contribution < -0.4 is 16.0 Å². The molecule has 0 radical (unpaired) electrons. The van der Waals surface area contributed by atoms with E-state index < -0.39 is 0 Å². The minimum Gasteiger partial charge on any atom is -0.338 e. The zero-order chi connectivity index (χ0) is 13.1. The molecule has 3 N–H and O–H groups in total. The van der Waals surface area contributed by atoms with Crippen LogP contribution in [0.3, 0.4) is 0 Å². The zero-order valence-electron chi connectivity index (χ0n) is 11.2. The van der Waals surface area contributed by atoms with Gasteiger partial charge in [0.05, 0.1) is 5.69 Å². The highest BCUT2D eigenvalue weighted by Crippen LogP contribution is 2.33. The number of fused-ring (bicyclic) bond motifs is 1. The van der Waals surface area contributed by atoms with Gasteiger partial charge in [0.15, 0.2) is 0 Å². The summed E-state index contributed by atoms with van der Waals surface area (Å²) in [6, 6.07) is 0. The molecule has 0 spiro atoms. The maximum atomic E-state index is 5.64. The van der Waals surface area contributed by atoms with E-state index in [1.54, 1.807) is 0 Å². The topological polar surface area (TPSA) is 67.1 Å². The summed E-state index contributed by atoms with van der Waals surface area (Å²) in [5.41, 5.74) is 8.24. The van der Waals surface area contributed by atoms with Gasteiger partial charge in [0.1, 0.15) is 5.03 Å². The summed E-state index contributed by atoms with van der Waals surface area (Å²) in [5, 5.41) is 4.57. The van der Waals surface area contributed by atoms with Crippen LogP contribution in [0.15, 0.2) is 5.03 Å². The van der Waals surface area contributed by atoms with Crippen molar-refractivity contribution in [1.29, 1.82) is 0 Å². The molecule has 1 aromatic heterocycles. The largest absolute Gasteiger partial charge is 0.338 e. The predicted molar refractivity (Wildman–Crippen MR) is 78.9 cm³/mol. The lowest BCUT2D eigenvalue weighted by atomic mass is 10.1. The van der Waals surface area contributed by atoms with E-state index in [0.29, 0.717) is 0 Å². The second-order valence-electron chi connectivity index (χ2n) is 4.98. The van der Waals surface area contributed by atoms with E-state index >= 15 is 0 Å². The van der Waals surface area contributed by atoms with Crippen LogP contribution in [-0.4, -0.2) is 48.4 Å². The molecule has 104 valence electrons. The first-order valence-corrected chi connectivity index (χ1v) is 8.05. The van der Waals surface area contributed by atoms with Gasteiger partial charge in [0.2, 0.25) is 5.95 Å². The molecule has 0 aromatic carbocycles. The Hall–Kier alpha value is -0.850. The average Bonchev–Trinajstić information content (AvgIpc) is 2.94. The molecule has 3 rings (SSSR count). The minimum atomic E-state index is 0.731. The number of rotatable bonds is 4. The van der Waals surface area contributed by atoms with Crippen molar-refractivity contribution in [2.45, 2.75) is 24.3 Å². The fourth-order valence-corrected chi connectivity index (χ4v) is 3.64. The molecule has 1 fully saturated rings. The molecule has 2 aliphatic heterocycles. The number of thioether (sulfide) groups is 1. The van der Waals surface area contributed by atoms with E-state index in [9.17, 15) is 0 Å². The summed E-state index contributed by atoms with van der Waals surface area (Å²) in [4.78, 5) is 11.9. The van der Waals surface area contributed by atoms with Gasteiger partial charge in [-0.2, -0.15) is 0 Å². The molecule has 0 bridgehead atoms. The van der Waals surface area contributed by atoms with Crippen LogP contribution in [0.2, 0.25) is 0 Å². The van der Waals surface area contributed by atoms with Crippen molar-refractivity contribution in [1.82, 2.24) is 15.3 Å². The van der Waals surface area contributed by atoms with Gasteiger partial charge in [-0.15, -0.1) is 11.8 Å². The Kier molecular flexibility index (Phi) is 4.20. The van der Waals surface area contributed by atoms with E-state index in [0.717, 1.165) is 63.7 Å². The van der Waals surface area contributed by atoms with Crippen molar-refractivity contribution >= 4 is 17.7 Å². The van der Waals surface area contributed by atoms with Crippen LogP contribution in [0.1, 0.15) is 17.7 Å². The third kappa shape index (κ3) is 2.85. The summed E-state index contributed by atoms with van der Waals surface area (Å²) in [6.45, 7) is 4.77. The first-order valence-electron chi connectivity index (χ1n) is 7.07. The normalized spacial score (nSPS) is 18.7. The fraction of sp³-hybridized carbons (Fsp3) is 0.692. The standard InChI is InChI=1S/C13H21N5S/c14-4-1-2-11-10-3-9-19-12(10)17-13(16-11)18-7-5-15-6-8-18/h15H,1-9,14H2. The highest BCUT2D eigenvalue weighted by atomic mass is 32.2. The first kappa shape index (κ1) is 13.1. The summed E-state index contributed by atoms with van der Waals surface area (Å²) in [5.74, 6) is 2.06. The highest BCUT2D eigenvalue weighted by molar-refractivity contribution is 7.99. The molecule has 2 aliphatic rings. The molecule has 0 unspecified atom stereocenters. The van der Waals surface area contributed by atoms with Gasteiger partial charge in [0, 0.05) is 37.5 Å². The predicted octanol–water partition coefficient (Wildman–Crippen LogP) is 0.426. The molecular weight excluding hydrogens is 258 g/mol. The third-order valence-corrected chi connectivity index (χ3v) is 4.67. The Labute approximate surface area is 118 Å². The maximum absolute atomic E-state index is 5.64. The Bertz CT molecular complexity index is 445. The van der Waals surface area contributed by atoms with Crippen LogP contribution in [-0.2, 0) is 12.8 Å². The second kappa shape index (κ2) is 6.07. The molecule has 0 amide bonds. The lowest BCUT2D eigenvalue weighted by molar-refractivity contribution is 0.576. The Morgan fingerprint density at radius 3 is 2.89 bits per heavy atom. The van der Waals surface area contributed by atoms with E-state index in [2.05, 4.69) is 10.2 Å². The van der Waals surface area contributed by atoms with Crippen LogP contribution in [0, 0.1) is 0 Å². The number of aryl methyl sites for hydroxylation is 1. The molecule has 0 saturated carbocycles. The van der Waals surface area contributed by atoms with Gasteiger partial charge < -0.3 is 16.0 Å². The van der Waals surface area contributed by atoms with Gasteiger partial charge in [-0.25, -0.2) is 9.97 Å². The number of anilines is 1. The van der Waals surface area contributed by atoms with Crippen molar-refractivity contribution < 1.29 is 0 Å². The van der Waals surface area contributed by atoms with Crippen molar-refractivity contribution in [3.63, 3.8) is 0 Å². The lowest BCUT2D eigenvalue weighted by Gasteiger charge is -2.28. The van der Waals surface area contributed by atoms with Gasteiger partial charge in [-0.05, 0) is 25.8 Å². The van der Waals surface area contributed by atoms with E-state index in [4.69, 9.17) is 15.7 Å². The van der Waals surface area contributed by atoms with Crippen LogP contribution in [0.4, 0.5) is 5.95 Å². The number of nitrogens with one attached hydrogen (secondary N) is 1. The van der Waals surface area contributed by atoms with Crippen LogP contribution in [0.5, 0.6) is 0 Å². The van der Waals surface area contributed by atoms with Gasteiger partial charge >= 0.3 is 0 Å². The van der Waals surface area contributed by atoms with Crippen molar-refractivity contribution in [3.05, 3.63) is 11.3 Å². The quantitative estimate of drug-likeness (QED) is 0.779. The van der Waals surface area contributed by atoms with Gasteiger partial charge in [-0.1, -0.05) is 0 Å². The Balaban J connectivity index is 1.87. The average molecular weight is 279 g/mol. The van der Waals surface area contributed by atoms with E-state index in [1.807, 2.05) is 11.8 Å². The van der Waals surface area contributed by atoms with Crippen molar-refractivity contribution in [3.8, 4) is 0 Å². The molecule has 0 atom stereocenters. The molecule has 3 heterocycles. The number of nitrogens with two attached hydrogens (primary N) is 1. The summed E-state index contributed by atoms with van der Waals surface area (Å²) in [7, 11) is 0. The van der Waals surface area contributed by atoms with Crippen LogP contribution in [0.25, 0.3) is 0 Å². The molecule has 6 heteroatoms. The molecule has 1 aromatic rings. The maximum Gasteiger partial charge on any atom is 0.226 e. The molecule has 19 heavy (non-hydrogen) atoms. The number of aromatic nitrogens is 2. The lowest BCUT2D eigenvalue weighted by Crippen LogP contribution is -2.44. The first-order chi connectivity index (χ1) is 9.38. The van der Waals surface area contributed by atoms with Gasteiger partial charge in [0.25, 0.3) is 0 Å². The third-order valence-electron chi connectivity index (χ3n) is 3.65. The Morgan fingerprint density at radius 1 is 1.26 bits per heavy atom. The molecule has 5 nitrogen and oxygen atoms in total. The summed E-state index contributed by atoms with van der Waals surface area (Å²) >= 11 is 1.87. The summed E-state index contributed by atoms with van der Waals surface area (Å²) < 4.78 is 0. The van der Waals surface area contributed by atoms with Crippen LogP contribution >= 0.6 is 11.8 Å². The van der Waals surface area contributed by atoms with Crippen molar-refractivity contribution in [2.24, 2.45) is 5.73 Å². The van der Waals surface area contributed by atoms with Crippen molar-refractivity contribution in [2.75, 3.05) is 43.4 Å². The number of piperazine rings is 1. The second-order valence-corrected chi connectivity index (χ2v) is 6.07. The SMILES string of the molecule is NCCCc1nc(N2CCNCC2)nc2c1CCS2. The fourth-order valence-electron chi connectivity index (χ4n) is 2.60.